The minimum Gasteiger partial charge on any atom is -0.392 e. The second-order valence-electron chi connectivity index (χ2n) is 6.95. The van der Waals surface area contributed by atoms with Crippen molar-refractivity contribution in [3.05, 3.63) is 0 Å². The van der Waals surface area contributed by atoms with E-state index in [0.29, 0.717) is 0 Å². The molecule has 0 saturated carbocycles. The SMILES string of the molecule is CC1CCN(CC[C@H](O)CN2CCC(C)CC2)CC1. The third-order valence-corrected chi connectivity index (χ3v) is 5.00. The molecule has 3 heteroatoms. The largest absolute Gasteiger partial charge is 0.392 e. The van der Waals surface area contributed by atoms with E-state index in [1.807, 2.05) is 0 Å². The van der Waals surface area contributed by atoms with E-state index in [0.717, 1.165) is 31.3 Å². The number of likely N-dealkylation sites (tertiary alicyclic amines) is 2. The van der Waals surface area contributed by atoms with E-state index >= 15 is 0 Å². The van der Waals surface area contributed by atoms with Gasteiger partial charge in [-0.15, -0.1) is 0 Å². The van der Waals surface area contributed by atoms with Crippen LogP contribution in [-0.2, 0) is 0 Å². The summed E-state index contributed by atoms with van der Waals surface area (Å²) in [5, 5.41) is 10.2. The Morgan fingerprint density at radius 2 is 1.37 bits per heavy atom. The van der Waals surface area contributed by atoms with E-state index < -0.39 is 0 Å². The summed E-state index contributed by atoms with van der Waals surface area (Å²) in [4.78, 5) is 4.98. The zero-order valence-electron chi connectivity index (χ0n) is 12.9. The van der Waals surface area contributed by atoms with Crippen molar-refractivity contribution < 1.29 is 5.11 Å². The monoisotopic (exact) mass is 268 g/mol. The second kappa shape index (κ2) is 7.61. The molecule has 112 valence electrons. The summed E-state index contributed by atoms with van der Waals surface area (Å²) in [6.07, 6.45) is 6.08. The van der Waals surface area contributed by atoms with Crippen molar-refractivity contribution in [2.45, 2.75) is 52.1 Å². The topological polar surface area (TPSA) is 26.7 Å². The quantitative estimate of drug-likeness (QED) is 0.828. The van der Waals surface area contributed by atoms with Crippen LogP contribution in [0.25, 0.3) is 0 Å². The Labute approximate surface area is 119 Å². The fourth-order valence-corrected chi connectivity index (χ4v) is 3.25. The fraction of sp³-hybridized carbons (Fsp3) is 1.00. The molecule has 2 heterocycles. The molecule has 2 saturated heterocycles. The third kappa shape index (κ3) is 5.41. The lowest BCUT2D eigenvalue weighted by Gasteiger charge is -2.33. The van der Waals surface area contributed by atoms with Crippen LogP contribution in [0.2, 0.25) is 0 Å². The van der Waals surface area contributed by atoms with Gasteiger partial charge in [-0.05, 0) is 70.1 Å². The molecule has 2 aliphatic rings. The van der Waals surface area contributed by atoms with Crippen LogP contribution < -0.4 is 0 Å². The number of hydrogen-bond donors (Lipinski definition) is 1. The molecule has 0 unspecified atom stereocenters. The summed E-state index contributed by atoms with van der Waals surface area (Å²) in [5.41, 5.74) is 0. The highest BCUT2D eigenvalue weighted by Gasteiger charge is 2.20. The van der Waals surface area contributed by atoms with Gasteiger partial charge in [-0.25, -0.2) is 0 Å². The Morgan fingerprint density at radius 1 is 0.895 bits per heavy atom. The number of β-amino-alcohol motifs (C(OH)–C–C–N with tert-alkyl or cyclic N) is 1. The predicted molar refractivity (Wildman–Crippen MR) is 80.3 cm³/mol. The first kappa shape index (κ1) is 15.3. The molecule has 0 aromatic rings. The molecule has 1 N–H and O–H groups in total. The van der Waals surface area contributed by atoms with Gasteiger partial charge in [-0.1, -0.05) is 13.8 Å². The normalized spacial score (nSPS) is 26.7. The lowest BCUT2D eigenvalue weighted by molar-refractivity contribution is 0.0726. The van der Waals surface area contributed by atoms with E-state index in [2.05, 4.69) is 23.6 Å². The molecule has 1 atom stereocenters. The molecule has 0 aromatic heterocycles. The van der Waals surface area contributed by atoms with Gasteiger partial charge in [0.25, 0.3) is 0 Å². The molecule has 2 aliphatic heterocycles. The molecule has 0 bridgehead atoms. The van der Waals surface area contributed by atoms with E-state index in [1.165, 1.54) is 51.9 Å². The summed E-state index contributed by atoms with van der Waals surface area (Å²) < 4.78 is 0. The van der Waals surface area contributed by atoms with Crippen LogP contribution in [0.15, 0.2) is 0 Å². The van der Waals surface area contributed by atoms with E-state index in [9.17, 15) is 5.11 Å². The van der Waals surface area contributed by atoms with Crippen molar-refractivity contribution >= 4 is 0 Å². The van der Waals surface area contributed by atoms with E-state index in [1.54, 1.807) is 0 Å². The smallest absolute Gasteiger partial charge is 0.0679 e. The Kier molecular flexibility index (Phi) is 6.11. The van der Waals surface area contributed by atoms with Crippen LogP contribution in [0.5, 0.6) is 0 Å². The van der Waals surface area contributed by atoms with E-state index in [-0.39, 0.29) is 6.10 Å². The minimum absolute atomic E-state index is 0.132. The lowest BCUT2D eigenvalue weighted by Crippen LogP contribution is -2.40. The van der Waals surface area contributed by atoms with Gasteiger partial charge in [0.2, 0.25) is 0 Å². The number of hydrogen-bond acceptors (Lipinski definition) is 3. The number of aliphatic hydroxyl groups excluding tert-OH is 1. The Balaban J connectivity index is 1.58. The van der Waals surface area contributed by atoms with Crippen molar-refractivity contribution in [2.24, 2.45) is 11.8 Å². The van der Waals surface area contributed by atoms with Gasteiger partial charge in [-0.3, -0.25) is 0 Å². The first-order chi connectivity index (χ1) is 9.13. The highest BCUT2D eigenvalue weighted by molar-refractivity contribution is 4.74. The van der Waals surface area contributed by atoms with Gasteiger partial charge >= 0.3 is 0 Å². The maximum atomic E-state index is 10.2. The summed E-state index contributed by atoms with van der Waals surface area (Å²) in [7, 11) is 0. The maximum Gasteiger partial charge on any atom is 0.0679 e. The number of aliphatic hydroxyl groups is 1. The summed E-state index contributed by atoms with van der Waals surface area (Å²) in [5.74, 6) is 1.78. The average Bonchev–Trinajstić information content (AvgIpc) is 2.41. The number of rotatable bonds is 5. The molecular weight excluding hydrogens is 236 g/mol. The van der Waals surface area contributed by atoms with Crippen LogP contribution in [0.4, 0.5) is 0 Å². The highest BCUT2D eigenvalue weighted by atomic mass is 16.3. The van der Waals surface area contributed by atoms with Crippen molar-refractivity contribution in [2.75, 3.05) is 39.3 Å². The van der Waals surface area contributed by atoms with Crippen LogP contribution >= 0.6 is 0 Å². The van der Waals surface area contributed by atoms with Gasteiger partial charge in [-0.2, -0.15) is 0 Å². The van der Waals surface area contributed by atoms with Crippen LogP contribution in [0.1, 0.15) is 46.0 Å². The van der Waals surface area contributed by atoms with Crippen LogP contribution in [-0.4, -0.2) is 60.3 Å². The first-order valence-corrected chi connectivity index (χ1v) is 8.26. The maximum absolute atomic E-state index is 10.2. The van der Waals surface area contributed by atoms with Crippen LogP contribution in [0.3, 0.4) is 0 Å². The molecule has 0 aromatic carbocycles. The molecule has 2 fully saturated rings. The molecule has 3 nitrogen and oxygen atoms in total. The van der Waals surface area contributed by atoms with Crippen molar-refractivity contribution in [3.8, 4) is 0 Å². The lowest BCUT2D eigenvalue weighted by atomic mass is 9.98. The van der Waals surface area contributed by atoms with Gasteiger partial charge in [0.05, 0.1) is 6.10 Å². The zero-order valence-corrected chi connectivity index (χ0v) is 12.9. The second-order valence-corrected chi connectivity index (χ2v) is 6.95. The van der Waals surface area contributed by atoms with Crippen molar-refractivity contribution in [1.29, 1.82) is 0 Å². The summed E-state index contributed by atoms with van der Waals surface area (Å²) in [6, 6.07) is 0. The Morgan fingerprint density at radius 3 is 1.89 bits per heavy atom. The third-order valence-electron chi connectivity index (χ3n) is 5.00. The van der Waals surface area contributed by atoms with Crippen LogP contribution in [0, 0.1) is 11.8 Å². The van der Waals surface area contributed by atoms with Crippen molar-refractivity contribution in [1.82, 2.24) is 9.80 Å². The number of piperidine rings is 2. The van der Waals surface area contributed by atoms with Gasteiger partial charge in [0, 0.05) is 13.1 Å². The molecule has 19 heavy (non-hydrogen) atoms. The fourth-order valence-electron chi connectivity index (χ4n) is 3.25. The molecule has 0 amide bonds. The molecule has 0 spiro atoms. The van der Waals surface area contributed by atoms with Crippen molar-refractivity contribution in [3.63, 3.8) is 0 Å². The molecule has 0 radical (unpaired) electrons. The number of nitrogens with zero attached hydrogens (tertiary/aromatic N) is 2. The summed E-state index contributed by atoms with van der Waals surface area (Å²) >= 11 is 0. The zero-order chi connectivity index (χ0) is 13.7. The molecule has 2 rings (SSSR count). The molecular formula is C16H32N2O. The van der Waals surface area contributed by atoms with Gasteiger partial charge < -0.3 is 14.9 Å². The Bertz CT molecular complexity index is 243. The molecule has 0 aliphatic carbocycles. The Hall–Kier alpha value is -0.120. The standard InChI is InChI=1S/C16H32N2O/c1-14-3-8-17(9-4-14)12-7-16(19)13-18-10-5-15(2)6-11-18/h14-16,19H,3-13H2,1-2H3/t16-/m0/s1. The van der Waals surface area contributed by atoms with Gasteiger partial charge in [0.15, 0.2) is 0 Å². The van der Waals surface area contributed by atoms with Gasteiger partial charge in [0.1, 0.15) is 0 Å². The first-order valence-electron chi connectivity index (χ1n) is 8.26. The minimum atomic E-state index is -0.132. The van der Waals surface area contributed by atoms with E-state index in [4.69, 9.17) is 0 Å². The predicted octanol–water partition coefficient (Wildman–Crippen LogP) is 2.20. The average molecular weight is 268 g/mol. The summed E-state index contributed by atoms with van der Waals surface area (Å²) in [6.45, 7) is 11.5. The highest BCUT2D eigenvalue weighted by Crippen LogP contribution is 2.18.